The smallest absolute Gasteiger partial charge is 0.0991 e. The van der Waals surface area contributed by atoms with Crippen molar-refractivity contribution in [2.45, 2.75) is 19.5 Å². The van der Waals surface area contributed by atoms with Gasteiger partial charge < -0.3 is 0 Å². The van der Waals surface area contributed by atoms with E-state index in [1.54, 1.807) is 12.1 Å². The van der Waals surface area contributed by atoms with E-state index in [0.29, 0.717) is 12.1 Å². The van der Waals surface area contributed by atoms with Crippen LogP contribution in [0.1, 0.15) is 18.1 Å². The molecule has 14 heavy (non-hydrogen) atoms. The van der Waals surface area contributed by atoms with Crippen LogP contribution in [0, 0.1) is 22.7 Å². The number of hydrogen-bond acceptors (Lipinski definition) is 3. The molecule has 0 saturated heterocycles. The van der Waals surface area contributed by atoms with Crippen LogP contribution in [0.2, 0.25) is 0 Å². The van der Waals surface area contributed by atoms with E-state index in [9.17, 15) is 0 Å². The number of rotatable bonds is 3. The minimum Gasteiger partial charge on any atom is -0.298 e. The predicted molar refractivity (Wildman–Crippen MR) is 53.1 cm³/mol. The SMILES string of the molecule is CC(C#N)NCc1ccc(C#N)cc1. The van der Waals surface area contributed by atoms with Gasteiger partial charge in [-0.05, 0) is 24.6 Å². The molecule has 0 aliphatic rings. The minimum atomic E-state index is -0.148. The summed E-state index contributed by atoms with van der Waals surface area (Å²) in [6.07, 6.45) is 0. The van der Waals surface area contributed by atoms with Gasteiger partial charge in [0.1, 0.15) is 0 Å². The Morgan fingerprint density at radius 2 is 1.93 bits per heavy atom. The van der Waals surface area contributed by atoms with E-state index >= 15 is 0 Å². The molecule has 1 unspecified atom stereocenters. The summed E-state index contributed by atoms with van der Waals surface area (Å²) in [5, 5.41) is 20.2. The highest BCUT2D eigenvalue weighted by atomic mass is 14.9. The van der Waals surface area contributed by atoms with Crippen LogP contribution in [-0.4, -0.2) is 6.04 Å². The summed E-state index contributed by atoms with van der Waals surface area (Å²) in [7, 11) is 0. The first-order valence-electron chi connectivity index (χ1n) is 4.38. The molecular formula is C11H11N3. The van der Waals surface area contributed by atoms with E-state index < -0.39 is 0 Å². The van der Waals surface area contributed by atoms with Crippen LogP contribution in [0.3, 0.4) is 0 Å². The van der Waals surface area contributed by atoms with Crippen molar-refractivity contribution in [1.82, 2.24) is 5.32 Å². The lowest BCUT2D eigenvalue weighted by Gasteiger charge is -2.05. The largest absolute Gasteiger partial charge is 0.298 e. The van der Waals surface area contributed by atoms with Crippen LogP contribution in [0.25, 0.3) is 0 Å². The maximum atomic E-state index is 8.58. The molecular weight excluding hydrogens is 174 g/mol. The molecule has 0 fully saturated rings. The van der Waals surface area contributed by atoms with Gasteiger partial charge in [0.25, 0.3) is 0 Å². The molecule has 0 aliphatic carbocycles. The first-order chi connectivity index (χ1) is 6.76. The monoisotopic (exact) mass is 185 g/mol. The van der Waals surface area contributed by atoms with Gasteiger partial charge in [-0.1, -0.05) is 12.1 Å². The van der Waals surface area contributed by atoms with Crippen molar-refractivity contribution in [3.05, 3.63) is 35.4 Å². The molecule has 0 aromatic heterocycles. The summed E-state index contributed by atoms with van der Waals surface area (Å²) < 4.78 is 0. The van der Waals surface area contributed by atoms with Gasteiger partial charge in [-0.25, -0.2) is 0 Å². The molecule has 3 nitrogen and oxygen atoms in total. The van der Waals surface area contributed by atoms with Gasteiger partial charge in [0, 0.05) is 6.54 Å². The number of nitrogens with one attached hydrogen (secondary N) is 1. The third kappa shape index (κ3) is 2.90. The van der Waals surface area contributed by atoms with Crippen molar-refractivity contribution in [2.24, 2.45) is 0 Å². The second-order valence-corrected chi connectivity index (χ2v) is 3.04. The Hall–Kier alpha value is -1.84. The van der Waals surface area contributed by atoms with Crippen molar-refractivity contribution in [3.63, 3.8) is 0 Å². The molecule has 0 heterocycles. The first-order valence-corrected chi connectivity index (χ1v) is 4.38. The van der Waals surface area contributed by atoms with Crippen molar-refractivity contribution in [3.8, 4) is 12.1 Å². The molecule has 0 amide bonds. The summed E-state index contributed by atoms with van der Waals surface area (Å²) in [6.45, 7) is 2.46. The lowest BCUT2D eigenvalue weighted by molar-refractivity contribution is 0.642. The second kappa shape index (κ2) is 5.01. The summed E-state index contributed by atoms with van der Waals surface area (Å²) in [4.78, 5) is 0. The van der Waals surface area contributed by atoms with Gasteiger partial charge in [0.15, 0.2) is 0 Å². The fourth-order valence-electron chi connectivity index (χ4n) is 1.01. The second-order valence-electron chi connectivity index (χ2n) is 3.04. The third-order valence-corrected chi connectivity index (χ3v) is 1.89. The van der Waals surface area contributed by atoms with Gasteiger partial charge in [-0.2, -0.15) is 10.5 Å². The van der Waals surface area contributed by atoms with Gasteiger partial charge in [-0.15, -0.1) is 0 Å². The number of nitrogens with zero attached hydrogens (tertiary/aromatic N) is 2. The summed E-state index contributed by atoms with van der Waals surface area (Å²) in [6, 6.07) is 11.3. The van der Waals surface area contributed by atoms with E-state index in [2.05, 4.69) is 17.5 Å². The topological polar surface area (TPSA) is 59.6 Å². The van der Waals surface area contributed by atoms with Crippen molar-refractivity contribution >= 4 is 0 Å². The molecule has 0 saturated carbocycles. The Kier molecular flexibility index (Phi) is 3.67. The van der Waals surface area contributed by atoms with Crippen LogP contribution in [-0.2, 0) is 6.54 Å². The Labute approximate surface area is 83.6 Å². The highest BCUT2D eigenvalue weighted by Gasteiger charge is 1.98. The van der Waals surface area contributed by atoms with Gasteiger partial charge in [-0.3, -0.25) is 5.32 Å². The normalized spacial score (nSPS) is 11.4. The third-order valence-electron chi connectivity index (χ3n) is 1.89. The molecule has 1 aromatic rings. The molecule has 0 bridgehead atoms. The highest BCUT2D eigenvalue weighted by molar-refractivity contribution is 5.31. The molecule has 3 heteroatoms. The van der Waals surface area contributed by atoms with Crippen LogP contribution in [0.5, 0.6) is 0 Å². The van der Waals surface area contributed by atoms with Crippen molar-refractivity contribution in [2.75, 3.05) is 0 Å². The summed E-state index contributed by atoms with van der Waals surface area (Å²) >= 11 is 0. The van der Waals surface area contributed by atoms with Crippen LogP contribution >= 0.6 is 0 Å². The molecule has 0 radical (unpaired) electrons. The Bertz CT molecular complexity index is 367. The van der Waals surface area contributed by atoms with Crippen LogP contribution in [0.15, 0.2) is 24.3 Å². The molecule has 1 aromatic carbocycles. The Morgan fingerprint density at radius 3 is 2.43 bits per heavy atom. The van der Waals surface area contributed by atoms with Gasteiger partial charge in [0.05, 0.1) is 23.7 Å². The van der Waals surface area contributed by atoms with Gasteiger partial charge >= 0.3 is 0 Å². The fourth-order valence-corrected chi connectivity index (χ4v) is 1.01. The average Bonchev–Trinajstić information content (AvgIpc) is 2.26. The number of hydrogen-bond donors (Lipinski definition) is 1. The Morgan fingerprint density at radius 1 is 1.29 bits per heavy atom. The molecule has 0 aliphatic heterocycles. The zero-order valence-corrected chi connectivity index (χ0v) is 7.99. The van der Waals surface area contributed by atoms with E-state index in [1.807, 2.05) is 19.1 Å². The lowest BCUT2D eigenvalue weighted by atomic mass is 10.1. The van der Waals surface area contributed by atoms with Crippen molar-refractivity contribution < 1.29 is 0 Å². The number of benzene rings is 1. The maximum absolute atomic E-state index is 8.58. The average molecular weight is 185 g/mol. The maximum Gasteiger partial charge on any atom is 0.0991 e. The summed E-state index contributed by atoms with van der Waals surface area (Å²) in [5.74, 6) is 0. The molecule has 0 spiro atoms. The van der Waals surface area contributed by atoms with Gasteiger partial charge in [0.2, 0.25) is 0 Å². The van der Waals surface area contributed by atoms with Crippen LogP contribution in [0.4, 0.5) is 0 Å². The molecule has 1 atom stereocenters. The molecule has 70 valence electrons. The first kappa shape index (κ1) is 10.2. The molecule has 1 N–H and O–H groups in total. The highest BCUT2D eigenvalue weighted by Crippen LogP contribution is 2.02. The Balaban J connectivity index is 2.54. The van der Waals surface area contributed by atoms with E-state index in [-0.39, 0.29) is 6.04 Å². The fraction of sp³-hybridized carbons (Fsp3) is 0.273. The lowest BCUT2D eigenvalue weighted by Crippen LogP contribution is -2.23. The zero-order valence-electron chi connectivity index (χ0n) is 7.99. The summed E-state index contributed by atoms with van der Waals surface area (Å²) in [5.41, 5.74) is 1.73. The minimum absolute atomic E-state index is 0.148. The standard InChI is InChI=1S/C11H11N3/c1-9(6-12)14-8-11-4-2-10(7-13)3-5-11/h2-5,9,14H,8H2,1H3. The number of nitriles is 2. The van der Waals surface area contributed by atoms with Crippen molar-refractivity contribution in [1.29, 1.82) is 10.5 Å². The predicted octanol–water partition coefficient (Wildman–Crippen LogP) is 1.56. The van der Waals surface area contributed by atoms with Crippen LogP contribution < -0.4 is 5.32 Å². The van der Waals surface area contributed by atoms with E-state index in [1.165, 1.54) is 0 Å². The van der Waals surface area contributed by atoms with E-state index in [4.69, 9.17) is 10.5 Å². The molecule has 1 rings (SSSR count). The quantitative estimate of drug-likeness (QED) is 0.777. The van der Waals surface area contributed by atoms with E-state index in [0.717, 1.165) is 5.56 Å². The zero-order chi connectivity index (χ0) is 10.4.